The molecule has 1 amide bonds. The average molecular weight is 325 g/mol. The van der Waals surface area contributed by atoms with Crippen LogP contribution in [0.2, 0.25) is 0 Å². The molecule has 0 aliphatic rings. The summed E-state index contributed by atoms with van der Waals surface area (Å²) in [5.41, 5.74) is 1.05. The van der Waals surface area contributed by atoms with E-state index in [1.807, 2.05) is 18.2 Å². The van der Waals surface area contributed by atoms with Gasteiger partial charge in [0.05, 0.1) is 4.88 Å². The van der Waals surface area contributed by atoms with Crippen LogP contribution in [0.4, 0.5) is 0 Å². The zero-order valence-corrected chi connectivity index (χ0v) is 12.3. The van der Waals surface area contributed by atoms with Crippen LogP contribution in [0.3, 0.4) is 0 Å². The van der Waals surface area contributed by atoms with Crippen molar-refractivity contribution in [2.75, 3.05) is 0 Å². The standard InChI is InChI=1S/C13H13BrN2OS/c1-2-11-10(14)7-12(18-11)13(17)16-8-9-3-5-15-6-4-9/h3-7H,2,8H2,1H3,(H,16,17). The number of carbonyl (C=O) groups excluding carboxylic acids is 1. The first-order chi connectivity index (χ1) is 8.70. The first-order valence-corrected chi connectivity index (χ1v) is 7.27. The van der Waals surface area contributed by atoms with E-state index in [4.69, 9.17) is 0 Å². The molecule has 0 aliphatic heterocycles. The number of amides is 1. The second kappa shape index (κ2) is 6.11. The Morgan fingerprint density at radius 2 is 2.17 bits per heavy atom. The molecule has 0 unspecified atom stereocenters. The normalized spacial score (nSPS) is 10.3. The first-order valence-electron chi connectivity index (χ1n) is 5.66. The topological polar surface area (TPSA) is 42.0 Å². The molecule has 5 heteroatoms. The summed E-state index contributed by atoms with van der Waals surface area (Å²) in [5, 5.41) is 2.90. The zero-order valence-electron chi connectivity index (χ0n) is 9.94. The largest absolute Gasteiger partial charge is 0.347 e. The van der Waals surface area contributed by atoms with Gasteiger partial charge in [-0.1, -0.05) is 6.92 Å². The highest BCUT2D eigenvalue weighted by molar-refractivity contribution is 9.10. The van der Waals surface area contributed by atoms with Gasteiger partial charge < -0.3 is 5.32 Å². The third-order valence-corrected chi connectivity index (χ3v) is 4.75. The van der Waals surface area contributed by atoms with Crippen molar-refractivity contribution in [2.45, 2.75) is 19.9 Å². The predicted octanol–water partition coefficient (Wildman–Crippen LogP) is 3.40. The van der Waals surface area contributed by atoms with Crippen LogP contribution >= 0.6 is 27.3 Å². The van der Waals surface area contributed by atoms with E-state index in [9.17, 15) is 4.79 Å². The molecule has 3 nitrogen and oxygen atoms in total. The summed E-state index contributed by atoms with van der Waals surface area (Å²) in [4.78, 5) is 17.8. The second-order valence-corrected chi connectivity index (χ2v) is 5.76. The maximum absolute atomic E-state index is 12.0. The molecule has 94 valence electrons. The fourth-order valence-corrected chi connectivity index (χ4v) is 3.34. The van der Waals surface area contributed by atoms with Crippen molar-refractivity contribution in [1.82, 2.24) is 10.3 Å². The van der Waals surface area contributed by atoms with E-state index >= 15 is 0 Å². The fraction of sp³-hybridized carbons (Fsp3) is 0.231. The van der Waals surface area contributed by atoms with Gasteiger partial charge in [-0.15, -0.1) is 11.3 Å². The maximum Gasteiger partial charge on any atom is 0.261 e. The van der Waals surface area contributed by atoms with Crippen LogP contribution < -0.4 is 5.32 Å². The number of hydrogen-bond donors (Lipinski definition) is 1. The minimum absolute atomic E-state index is 0.0304. The number of nitrogens with zero attached hydrogens (tertiary/aromatic N) is 1. The van der Waals surface area contributed by atoms with Gasteiger partial charge in [-0.25, -0.2) is 0 Å². The summed E-state index contributed by atoms with van der Waals surface area (Å²) >= 11 is 5.00. The molecule has 0 atom stereocenters. The van der Waals surface area contributed by atoms with Gasteiger partial charge in [0.2, 0.25) is 0 Å². The molecule has 0 bridgehead atoms. The number of rotatable bonds is 4. The average Bonchev–Trinajstić information content (AvgIpc) is 2.78. The van der Waals surface area contributed by atoms with Crippen LogP contribution in [-0.2, 0) is 13.0 Å². The molecule has 2 heterocycles. The molecule has 2 aromatic rings. The molecule has 0 fully saturated rings. The zero-order chi connectivity index (χ0) is 13.0. The Morgan fingerprint density at radius 3 is 2.78 bits per heavy atom. The van der Waals surface area contributed by atoms with E-state index in [0.29, 0.717) is 6.54 Å². The summed E-state index contributed by atoms with van der Waals surface area (Å²) in [5.74, 6) is -0.0304. The number of nitrogens with one attached hydrogen (secondary N) is 1. The third-order valence-electron chi connectivity index (χ3n) is 2.50. The minimum Gasteiger partial charge on any atom is -0.347 e. The van der Waals surface area contributed by atoms with E-state index in [1.165, 1.54) is 16.2 Å². The van der Waals surface area contributed by atoms with Gasteiger partial charge in [-0.3, -0.25) is 9.78 Å². The lowest BCUT2D eigenvalue weighted by molar-refractivity contribution is 0.0955. The quantitative estimate of drug-likeness (QED) is 0.936. The van der Waals surface area contributed by atoms with Crippen LogP contribution in [0.15, 0.2) is 35.1 Å². The number of thiophene rings is 1. The van der Waals surface area contributed by atoms with Crippen LogP contribution in [0.5, 0.6) is 0 Å². The predicted molar refractivity (Wildman–Crippen MR) is 76.8 cm³/mol. The summed E-state index contributed by atoms with van der Waals surface area (Å²) in [6, 6.07) is 5.66. The monoisotopic (exact) mass is 324 g/mol. The second-order valence-electron chi connectivity index (χ2n) is 3.77. The summed E-state index contributed by atoms with van der Waals surface area (Å²) in [6.07, 6.45) is 4.37. The molecule has 0 aliphatic carbocycles. The Morgan fingerprint density at radius 1 is 1.44 bits per heavy atom. The van der Waals surface area contributed by atoms with Crippen molar-refractivity contribution < 1.29 is 4.79 Å². The molecule has 2 rings (SSSR count). The molecular formula is C13H13BrN2OS. The van der Waals surface area contributed by atoms with Crippen molar-refractivity contribution in [1.29, 1.82) is 0 Å². The van der Waals surface area contributed by atoms with Crippen molar-refractivity contribution >= 4 is 33.2 Å². The molecule has 1 N–H and O–H groups in total. The maximum atomic E-state index is 12.0. The summed E-state index contributed by atoms with van der Waals surface area (Å²) < 4.78 is 1.02. The molecular weight excluding hydrogens is 312 g/mol. The molecule has 0 aromatic carbocycles. The Kier molecular flexibility index (Phi) is 4.49. The number of halogens is 1. The number of carbonyl (C=O) groups is 1. The summed E-state index contributed by atoms with van der Waals surface area (Å²) in [7, 11) is 0. The lowest BCUT2D eigenvalue weighted by Gasteiger charge is -2.02. The molecule has 2 aromatic heterocycles. The van der Waals surface area contributed by atoms with Crippen LogP contribution in [0.25, 0.3) is 0 Å². The fourth-order valence-electron chi connectivity index (χ4n) is 1.53. The van der Waals surface area contributed by atoms with Crippen molar-refractivity contribution in [2.24, 2.45) is 0 Å². The van der Waals surface area contributed by atoms with Gasteiger partial charge in [0.15, 0.2) is 0 Å². The van der Waals surface area contributed by atoms with Gasteiger partial charge in [0, 0.05) is 28.3 Å². The first kappa shape index (κ1) is 13.2. The van der Waals surface area contributed by atoms with Gasteiger partial charge in [0.25, 0.3) is 5.91 Å². The molecule has 0 spiro atoms. The Hall–Kier alpha value is -1.20. The van der Waals surface area contributed by atoms with E-state index < -0.39 is 0 Å². The van der Waals surface area contributed by atoms with Crippen molar-refractivity contribution in [3.05, 3.63) is 50.4 Å². The van der Waals surface area contributed by atoms with Crippen LogP contribution in [0, 0.1) is 0 Å². The lowest BCUT2D eigenvalue weighted by atomic mass is 10.2. The lowest BCUT2D eigenvalue weighted by Crippen LogP contribution is -2.21. The Bertz CT molecular complexity index is 539. The SMILES string of the molecule is CCc1sc(C(=O)NCc2ccncc2)cc1Br. The molecule has 18 heavy (non-hydrogen) atoms. The number of pyridine rings is 1. The van der Waals surface area contributed by atoms with E-state index in [-0.39, 0.29) is 5.91 Å². The summed E-state index contributed by atoms with van der Waals surface area (Å²) in [6.45, 7) is 2.60. The van der Waals surface area contributed by atoms with E-state index in [2.05, 4.69) is 33.2 Å². The van der Waals surface area contributed by atoms with Gasteiger partial charge in [0.1, 0.15) is 0 Å². The van der Waals surface area contributed by atoms with Gasteiger partial charge in [-0.2, -0.15) is 0 Å². The highest BCUT2D eigenvalue weighted by Gasteiger charge is 2.11. The van der Waals surface area contributed by atoms with E-state index in [1.54, 1.807) is 12.4 Å². The minimum atomic E-state index is -0.0304. The molecule has 0 saturated heterocycles. The molecule has 0 saturated carbocycles. The number of aromatic nitrogens is 1. The van der Waals surface area contributed by atoms with Crippen LogP contribution in [0.1, 0.15) is 27.0 Å². The highest BCUT2D eigenvalue weighted by atomic mass is 79.9. The smallest absolute Gasteiger partial charge is 0.261 e. The Balaban J connectivity index is 1.99. The van der Waals surface area contributed by atoms with Crippen LogP contribution in [-0.4, -0.2) is 10.9 Å². The van der Waals surface area contributed by atoms with Gasteiger partial charge in [-0.05, 0) is 46.1 Å². The Labute approximate surface area is 118 Å². The van der Waals surface area contributed by atoms with Crippen molar-refractivity contribution in [3.8, 4) is 0 Å². The number of aryl methyl sites for hydroxylation is 1. The third kappa shape index (κ3) is 3.17. The van der Waals surface area contributed by atoms with E-state index in [0.717, 1.165) is 21.3 Å². The van der Waals surface area contributed by atoms with Gasteiger partial charge >= 0.3 is 0 Å². The van der Waals surface area contributed by atoms with Crippen molar-refractivity contribution in [3.63, 3.8) is 0 Å². The highest BCUT2D eigenvalue weighted by Crippen LogP contribution is 2.27. The number of hydrogen-bond acceptors (Lipinski definition) is 3. The molecule has 0 radical (unpaired) electrons.